The van der Waals surface area contributed by atoms with Gasteiger partial charge in [0.25, 0.3) is 0 Å². The van der Waals surface area contributed by atoms with Crippen LogP contribution in [0.5, 0.6) is 0 Å². The summed E-state index contributed by atoms with van der Waals surface area (Å²) < 4.78 is 17.6. The molecule has 0 heterocycles. The Balaban J connectivity index is 2.22. The van der Waals surface area contributed by atoms with Crippen molar-refractivity contribution in [3.05, 3.63) is 41.3 Å². The molecule has 4 heteroatoms. The third kappa shape index (κ3) is 2.69. The minimum Gasteiger partial charge on any atom is -0.376 e. The molecule has 2 rings (SSSR count). The predicted octanol–water partition coefficient (Wildman–Crippen LogP) is 2.63. The fourth-order valence-electron chi connectivity index (χ4n) is 2.07. The first-order valence-corrected chi connectivity index (χ1v) is 7.01. The van der Waals surface area contributed by atoms with E-state index in [1.807, 2.05) is 36.4 Å². The molecule has 0 aliphatic heterocycles. The Hall–Kier alpha value is -1.44. The molecule has 0 saturated heterocycles. The lowest BCUT2D eigenvalue weighted by Crippen LogP contribution is -2.24. The highest BCUT2D eigenvalue weighted by Crippen LogP contribution is 2.29. The molecule has 3 nitrogen and oxygen atoms in total. The lowest BCUT2D eigenvalue weighted by atomic mass is 9.93. The Morgan fingerprint density at radius 1 is 1.39 bits per heavy atom. The molecule has 18 heavy (non-hydrogen) atoms. The molecule has 1 unspecified atom stereocenters. The molecule has 0 radical (unpaired) electrons. The van der Waals surface area contributed by atoms with E-state index in [2.05, 4.69) is 6.07 Å². The number of benzene rings is 1. The van der Waals surface area contributed by atoms with E-state index in [9.17, 15) is 4.21 Å². The van der Waals surface area contributed by atoms with Crippen LogP contribution in [-0.2, 0) is 15.5 Å². The van der Waals surface area contributed by atoms with Crippen molar-refractivity contribution in [1.82, 2.24) is 0 Å². The average molecular weight is 261 g/mol. The summed E-state index contributed by atoms with van der Waals surface area (Å²) in [6, 6.07) is 11.6. The summed E-state index contributed by atoms with van der Waals surface area (Å²) in [5.74, 6) is -0.133. The van der Waals surface area contributed by atoms with Gasteiger partial charge in [-0.25, -0.2) is 4.21 Å². The number of rotatable bonds is 3. The van der Waals surface area contributed by atoms with Gasteiger partial charge in [-0.2, -0.15) is 5.26 Å². The minimum absolute atomic E-state index is 0.133. The van der Waals surface area contributed by atoms with Crippen LogP contribution in [0.15, 0.2) is 46.2 Å². The fourth-order valence-corrected chi connectivity index (χ4v) is 3.33. The maximum Gasteiger partial charge on any atom is 0.0921 e. The van der Waals surface area contributed by atoms with Gasteiger partial charge in [0, 0.05) is 16.9 Å². The first-order valence-electron chi connectivity index (χ1n) is 5.86. The molecular weight excluding hydrogens is 246 g/mol. The molecule has 0 N–H and O–H groups in total. The highest BCUT2D eigenvalue weighted by Gasteiger charge is 2.26. The van der Waals surface area contributed by atoms with Crippen LogP contribution in [-0.4, -0.2) is 17.4 Å². The second kappa shape index (κ2) is 5.94. The molecule has 0 fully saturated rings. The van der Waals surface area contributed by atoms with Crippen LogP contribution >= 0.6 is 0 Å². The van der Waals surface area contributed by atoms with Crippen LogP contribution in [0.3, 0.4) is 0 Å². The van der Waals surface area contributed by atoms with Gasteiger partial charge >= 0.3 is 0 Å². The third-order valence-corrected chi connectivity index (χ3v) is 4.60. The molecule has 0 bridgehead atoms. The van der Waals surface area contributed by atoms with Crippen LogP contribution in [0, 0.1) is 17.2 Å². The van der Waals surface area contributed by atoms with Gasteiger partial charge < -0.3 is 4.74 Å². The van der Waals surface area contributed by atoms with Gasteiger partial charge in [0.05, 0.1) is 28.9 Å². The number of hydrogen-bond donors (Lipinski definition) is 0. The Morgan fingerprint density at radius 3 is 2.72 bits per heavy atom. The van der Waals surface area contributed by atoms with Crippen molar-refractivity contribution >= 4 is 10.8 Å². The average Bonchev–Trinajstić information content (AvgIpc) is 2.46. The quantitative estimate of drug-likeness (QED) is 0.840. The van der Waals surface area contributed by atoms with E-state index >= 15 is 0 Å². The third-order valence-electron chi connectivity index (χ3n) is 3.08. The molecule has 0 amide bonds. The second-order valence-electron chi connectivity index (χ2n) is 4.19. The van der Waals surface area contributed by atoms with Crippen LogP contribution in [0.2, 0.25) is 0 Å². The molecule has 0 saturated carbocycles. The van der Waals surface area contributed by atoms with Gasteiger partial charge in [0.2, 0.25) is 0 Å². The predicted molar refractivity (Wildman–Crippen MR) is 70.1 cm³/mol. The summed E-state index contributed by atoms with van der Waals surface area (Å²) in [4.78, 5) is 1.66. The Morgan fingerprint density at radius 2 is 2.11 bits per heavy atom. The maximum atomic E-state index is 12.4. The normalized spacial score (nSPS) is 25.0. The van der Waals surface area contributed by atoms with Crippen molar-refractivity contribution in [2.24, 2.45) is 5.92 Å². The van der Waals surface area contributed by atoms with Crippen molar-refractivity contribution in [3.63, 3.8) is 0 Å². The van der Waals surface area contributed by atoms with E-state index in [1.54, 1.807) is 7.11 Å². The smallest absolute Gasteiger partial charge is 0.0921 e. The Labute approximate surface area is 110 Å². The second-order valence-corrected chi connectivity index (χ2v) is 5.72. The number of nitriles is 1. The first kappa shape index (κ1) is 13.0. The van der Waals surface area contributed by atoms with Crippen LogP contribution < -0.4 is 0 Å². The van der Waals surface area contributed by atoms with Gasteiger partial charge in [0.15, 0.2) is 0 Å². The first-order chi connectivity index (χ1) is 8.76. The maximum absolute atomic E-state index is 12.4. The largest absolute Gasteiger partial charge is 0.376 e. The summed E-state index contributed by atoms with van der Waals surface area (Å²) in [6.07, 6.45) is 3.01. The molecular formula is C14H15NO2S. The van der Waals surface area contributed by atoms with Crippen molar-refractivity contribution in [2.45, 2.75) is 23.8 Å². The number of allylic oxidation sites excluding steroid dienone is 1. The molecule has 1 aliphatic carbocycles. The van der Waals surface area contributed by atoms with Crippen LogP contribution in [0.25, 0.3) is 0 Å². The molecule has 1 aliphatic rings. The number of ether oxygens (including phenoxy) is 1. The van der Waals surface area contributed by atoms with Crippen molar-refractivity contribution in [2.75, 3.05) is 7.11 Å². The number of methoxy groups -OCH3 is 1. The van der Waals surface area contributed by atoms with Crippen LogP contribution in [0.4, 0.5) is 0 Å². The number of nitrogens with zero attached hydrogens (tertiary/aromatic N) is 1. The highest BCUT2D eigenvalue weighted by atomic mass is 32.2. The van der Waals surface area contributed by atoms with E-state index in [-0.39, 0.29) is 12.0 Å². The zero-order chi connectivity index (χ0) is 13.0. The number of hydrogen-bond acceptors (Lipinski definition) is 3. The molecule has 1 aromatic carbocycles. The van der Waals surface area contributed by atoms with E-state index in [0.29, 0.717) is 12.8 Å². The summed E-state index contributed by atoms with van der Waals surface area (Å²) in [5, 5.41) is 9.00. The summed E-state index contributed by atoms with van der Waals surface area (Å²) in [5.41, 5.74) is 0. The Kier molecular flexibility index (Phi) is 4.29. The van der Waals surface area contributed by atoms with Gasteiger partial charge in [0.1, 0.15) is 0 Å². The fraction of sp³-hybridized carbons (Fsp3) is 0.357. The summed E-state index contributed by atoms with van der Waals surface area (Å²) in [7, 11) is 0.446. The van der Waals surface area contributed by atoms with E-state index in [1.165, 1.54) is 0 Å². The zero-order valence-corrected chi connectivity index (χ0v) is 11.0. The summed E-state index contributed by atoms with van der Waals surface area (Å²) >= 11 is 0. The van der Waals surface area contributed by atoms with E-state index < -0.39 is 10.8 Å². The molecule has 3 atom stereocenters. The standard InChI is InChI=1S/C14H15NO2S/c1-17-14-9-13(8-7-11(14)10-15)18(16)12-5-3-2-4-6-12/h2-6,9,11,14H,7-8H2,1H3/t11-,14+,18?/m0/s1. The topological polar surface area (TPSA) is 50.1 Å². The van der Waals surface area contributed by atoms with Crippen LogP contribution in [0.1, 0.15) is 12.8 Å². The lowest BCUT2D eigenvalue weighted by molar-refractivity contribution is 0.101. The minimum atomic E-state index is -1.14. The monoisotopic (exact) mass is 261 g/mol. The molecule has 1 aromatic rings. The van der Waals surface area contributed by atoms with E-state index in [0.717, 1.165) is 9.80 Å². The zero-order valence-electron chi connectivity index (χ0n) is 10.2. The SMILES string of the molecule is CO[C@@H]1C=C(S(=O)c2ccccc2)CC[C@H]1C#N. The highest BCUT2D eigenvalue weighted by molar-refractivity contribution is 7.89. The van der Waals surface area contributed by atoms with E-state index in [4.69, 9.17) is 10.00 Å². The molecule has 94 valence electrons. The van der Waals surface area contributed by atoms with Gasteiger partial charge in [-0.1, -0.05) is 18.2 Å². The van der Waals surface area contributed by atoms with Crippen molar-refractivity contribution < 1.29 is 8.95 Å². The van der Waals surface area contributed by atoms with Gasteiger partial charge in [-0.05, 0) is 31.1 Å². The molecule has 0 spiro atoms. The summed E-state index contributed by atoms with van der Waals surface area (Å²) in [6.45, 7) is 0. The molecule has 0 aromatic heterocycles. The van der Waals surface area contributed by atoms with Crippen molar-refractivity contribution in [1.29, 1.82) is 5.26 Å². The Bertz CT molecular complexity index is 504. The lowest BCUT2D eigenvalue weighted by Gasteiger charge is -2.24. The van der Waals surface area contributed by atoms with Gasteiger partial charge in [-0.15, -0.1) is 0 Å². The van der Waals surface area contributed by atoms with Crippen molar-refractivity contribution in [3.8, 4) is 6.07 Å². The van der Waals surface area contributed by atoms with Gasteiger partial charge in [-0.3, -0.25) is 0 Å².